The fraction of sp³-hybridized carbons (Fsp3) is 0.188. The summed E-state index contributed by atoms with van der Waals surface area (Å²) < 4.78 is 17.5. The number of hydrogen-bond acceptors (Lipinski definition) is 2. The Hall–Kier alpha value is -1.68. The molecule has 0 spiro atoms. The lowest BCUT2D eigenvalue weighted by atomic mass is 10.0. The van der Waals surface area contributed by atoms with Gasteiger partial charge in [0, 0.05) is 12.0 Å². The van der Waals surface area contributed by atoms with Crippen LogP contribution in [0.5, 0.6) is 5.75 Å². The van der Waals surface area contributed by atoms with E-state index in [-0.39, 0.29) is 6.42 Å². The second-order valence-corrected chi connectivity index (χ2v) is 5.68. The molecule has 2 rings (SSSR count). The van der Waals surface area contributed by atoms with Crippen molar-refractivity contribution in [1.29, 1.82) is 0 Å². The Morgan fingerprint density at radius 3 is 2.30 bits per heavy atom. The van der Waals surface area contributed by atoms with Gasteiger partial charge in [-0.05, 0) is 45.8 Å². The Balaban J connectivity index is 2.17. The van der Waals surface area contributed by atoms with Gasteiger partial charge in [0.2, 0.25) is 10.4 Å². The fourth-order valence-corrected chi connectivity index (χ4v) is 2.44. The smallest absolute Gasteiger partial charge is 0.231 e. The van der Waals surface area contributed by atoms with Gasteiger partial charge >= 0.3 is 0 Å². The third-order valence-electron chi connectivity index (χ3n) is 2.95. The average Bonchev–Trinajstić information content (AvgIpc) is 2.47. The minimum absolute atomic E-state index is 0.0152. The van der Waals surface area contributed by atoms with Gasteiger partial charge in [0.1, 0.15) is 5.75 Å². The molecule has 1 unspecified atom stereocenters. The number of halogens is 2. The standard InChI is InChI=1S/C16H14BrFO2/c1-20-14-9-7-13(8-10-14)15(19)16(17,18)11-12-5-3-2-4-6-12/h2-10H,11H2,1H3. The molecule has 0 aliphatic carbocycles. The predicted molar refractivity (Wildman–Crippen MR) is 80.2 cm³/mol. The molecular weight excluding hydrogens is 323 g/mol. The van der Waals surface area contributed by atoms with Crippen LogP contribution >= 0.6 is 15.9 Å². The van der Waals surface area contributed by atoms with Gasteiger partial charge in [-0.1, -0.05) is 30.3 Å². The SMILES string of the molecule is COc1ccc(C(=O)C(F)(Br)Cc2ccccc2)cc1. The number of hydrogen-bond donors (Lipinski definition) is 0. The molecule has 0 fully saturated rings. The first-order valence-corrected chi connectivity index (χ1v) is 6.93. The molecule has 0 aliphatic rings. The summed E-state index contributed by atoms with van der Waals surface area (Å²) in [6, 6.07) is 15.4. The maximum Gasteiger partial charge on any atom is 0.231 e. The topological polar surface area (TPSA) is 26.3 Å². The molecule has 0 N–H and O–H groups in total. The van der Waals surface area contributed by atoms with Crippen LogP contribution in [0.25, 0.3) is 0 Å². The maximum atomic E-state index is 14.6. The second kappa shape index (κ2) is 6.18. The molecule has 1 atom stereocenters. The van der Waals surface area contributed by atoms with Crippen molar-refractivity contribution in [1.82, 2.24) is 0 Å². The summed E-state index contributed by atoms with van der Waals surface area (Å²) in [7, 11) is 1.54. The van der Waals surface area contributed by atoms with Crippen LogP contribution in [0, 0.1) is 0 Å². The summed E-state index contributed by atoms with van der Waals surface area (Å²) in [6.07, 6.45) is -0.0152. The third-order valence-corrected chi connectivity index (χ3v) is 3.59. The molecule has 0 radical (unpaired) electrons. The van der Waals surface area contributed by atoms with Gasteiger partial charge < -0.3 is 4.74 Å². The van der Waals surface area contributed by atoms with E-state index in [1.807, 2.05) is 18.2 Å². The Morgan fingerprint density at radius 1 is 1.15 bits per heavy atom. The van der Waals surface area contributed by atoms with Gasteiger partial charge in [-0.25, -0.2) is 4.39 Å². The van der Waals surface area contributed by atoms with E-state index in [2.05, 4.69) is 15.9 Å². The number of alkyl halides is 2. The maximum absolute atomic E-state index is 14.6. The van der Waals surface area contributed by atoms with Crippen molar-refractivity contribution < 1.29 is 13.9 Å². The van der Waals surface area contributed by atoms with E-state index >= 15 is 0 Å². The highest BCUT2D eigenvalue weighted by molar-refractivity contribution is 9.10. The van der Waals surface area contributed by atoms with Crippen LogP contribution in [0.1, 0.15) is 15.9 Å². The lowest BCUT2D eigenvalue weighted by molar-refractivity contribution is 0.0847. The molecule has 20 heavy (non-hydrogen) atoms. The van der Waals surface area contributed by atoms with E-state index in [1.165, 1.54) is 7.11 Å². The highest BCUT2D eigenvalue weighted by Gasteiger charge is 2.36. The minimum atomic E-state index is -2.11. The molecule has 0 aromatic heterocycles. The van der Waals surface area contributed by atoms with Crippen LogP contribution in [-0.4, -0.2) is 17.5 Å². The van der Waals surface area contributed by atoms with Gasteiger partial charge in [-0.3, -0.25) is 4.79 Å². The number of benzene rings is 2. The number of Topliss-reactive ketones (excluding diaryl/α,β-unsaturated/α-hetero) is 1. The lowest BCUT2D eigenvalue weighted by Crippen LogP contribution is -2.29. The van der Waals surface area contributed by atoms with E-state index < -0.39 is 10.4 Å². The van der Waals surface area contributed by atoms with Gasteiger partial charge in [-0.2, -0.15) is 0 Å². The molecule has 0 aliphatic heterocycles. The average molecular weight is 337 g/mol. The first-order chi connectivity index (χ1) is 9.53. The van der Waals surface area contributed by atoms with Crippen molar-refractivity contribution in [2.45, 2.75) is 11.0 Å². The van der Waals surface area contributed by atoms with Crippen molar-refractivity contribution >= 4 is 21.7 Å². The first-order valence-electron chi connectivity index (χ1n) is 6.13. The molecule has 2 aromatic rings. The highest BCUT2D eigenvalue weighted by Crippen LogP contribution is 2.30. The minimum Gasteiger partial charge on any atom is -0.497 e. The molecule has 2 aromatic carbocycles. The van der Waals surface area contributed by atoms with Crippen molar-refractivity contribution in [3.63, 3.8) is 0 Å². The zero-order valence-corrected chi connectivity index (χ0v) is 12.6. The van der Waals surface area contributed by atoms with Crippen LogP contribution in [0.4, 0.5) is 4.39 Å². The van der Waals surface area contributed by atoms with Gasteiger partial charge in [0.15, 0.2) is 0 Å². The zero-order chi connectivity index (χ0) is 14.6. The van der Waals surface area contributed by atoms with Crippen LogP contribution in [-0.2, 0) is 6.42 Å². The molecule has 2 nitrogen and oxygen atoms in total. The summed E-state index contributed by atoms with van der Waals surface area (Å²) >= 11 is 2.91. The van der Waals surface area contributed by atoms with E-state index in [0.717, 1.165) is 5.56 Å². The van der Waals surface area contributed by atoms with Crippen LogP contribution in [0.3, 0.4) is 0 Å². The van der Waals surface area contributed by atoms with Gasteiger partial charge in [0.25, 0.3) is 0 Å². The van der Waals surface area contributed by atoms with Crippen molar-refractivity contribution in [3.8, 4) is 5.75 Å². The Kier molecular flexibility index (Phi) is 4.55. The summed E-state index contributed by atoms with van der Waals surface area (Å²) in [6.45, 7) is 0. The summed E-state index contributed by atoms with van der Waals surface area (Å²) in [5, 5.41) is 0. The Bertz CT molecular complexity index is 579. The molecule has 0 saturated heterocycles. The summed E-state index contributed by atoms with van der Waals surface area (Å²) in [5.41, 5.74) is 1.06. The monoisotopic (exact) mass is 336 g/mol. The normalized spacial score (nSPS) is 13.6. The molecule has 0 heterocycles. The molecule has 4 heteroatoms. The number of ketones is 1. The van der Waals surface area contributed by atoms with E-state index in [9.17, 15) is 9.18 Å². The van der Waals surface area contributed by atoms with Crippen LogP contribution in [0.2, 0.25) is 0 Å². The fourth-order valence-electron chi connectivity index (χ4n) is 1.89. The van der Waals surface area contributed by atoms with Crippen molar-refractivity contribution in [2.24, 2.45) is 0 Å². The van der Waals surface area contributed by atoms with Crippen LogP contribution in [0.15, 0.2) is 54.6 Å². The largest absolute Gasteiger partial charge is 0.497 e. The van der Waals surface area contributed by atoms with E-state index in [0.29, 0.717) is 11.3 Å². The van der Waals surface area contributed by atoms with Gasteiger partial charge in [-0.15, -0.1) is 0 Å². The lowest BCUT2D eigenvalue weighted by Gasteiger charge is -2.17. The predicted octanol–water partition coefficient (Wildman–Crippen LogP) is 4.18. The second-order valence-electron chi connectivity index (χ2n) is 4.42. The quantitative estimate of drug-likeness (QED) is 0.604. The van der Waals surface area contributed by atoms with Gasteiger partial charge in [0.05, 0.1) is 7.11 Å². The van der Waals surface area contributed by atoms with Crippen molar-refractivity contribution in [3.05, 3.63) is 65.7 Å². The number of carbonyl (C=O) groups excluding carboxylic acids is 1. The van der Waals surface area contributed by atoms with E-state index in [4.69, 9.17) is 4.74 Å². The summed E-state index contributed by atoms with van der Waals surface area (Å²) in [5.74, 6) is 0.0349. The summed E-state index contributed by atoms with van der Waals surface area (Å²) in [4.78, 5) is 12.2. The number of methoxy groups -OCH3 is 1. The molecule has 0 saturated carbocycles. The molecular formula is C16H14BrFO2. The molecule has 0 bridgehead atoms. The molecule has 104 valence electrons. The number of ether oxygens (including phenoxy) is 1. The molecule has 0 amide bonds. The highest BCUT2D eigenvalue weighted by atomic mass is 79.9. The van der Waals surface area contributed by atoms with Crippen LogP contribution < -0.4 is 4.74 Å². The Morgan fingerprint density at radius 2 is 1.75 bits per heavy atom. The first kappa shape index (κ1) is 14.7. The Labute approximate surface area is 125 Å². The number of rotatable bonds is 5. The van der Waals surface area contributed by atoms with E-state index in [1.54, 1.807) is 36.4 Å². The number of carbonyl (C=O) groups is 1. The zero-order valence-electron chi connectivity index (χ0n) is 11.0. The third kappa shape index (κ3) is 3.45. The van der Waals surface area contributed by atoms with Crippen molar-refractivity contribution in [2.75, 3.05) is 7.11 Å².